The van der Waals surface area contributed by atoms with Crippen LogP contribution in [0.5, 0.6) is 0 Å². The quantitative estimate of drug-likeness (QED) is 0.906. The van der Waals surface area contributed by atoms with Gasteiger partial charge in [-0.3, -0.25) is 4.90 Å². The van der Waals surface area contributed by atoms with Crippen LogP contribution in [0.25, 0.3) is 0 Å². The summed E-state index contributed by atoms with van der Waals surface area (Å²) in [4.78, 5) is 2.82. The second-order valence-corrected chi connectivity index (χ2v) is 6.89. The van der Waals surface area contributed by atoms with Crippen molar-refractivity contribution in [1.29, 1.82) is 0 Å². The van der Waals surface area contributed by atoms with Gasteiger partial charge in [-0.2, -0.15) is 0 Å². The maximum absolute atomic E-state index is 3.79. The van der Waals surface area contributed by atoms with E-state index in [9.17, 15) is 0 Å². The number of benzene rings is 1. The highest BCUT2D eigenvalue weighted by molar-refractivity contribution is 5.16. The predicted octanol–water partition coefficient (Wildman–Crippen LogP) is 3.08. The highest BCUT2D eigenvalue weighted by atomic mass is 15.3. The van der Waals surface area contributed by atoms with Gasteiger partial charge in [-0.25, -0.2) is 0 Å². The third-order valence-corrected chi connectivity index (χ3v) is 5.11. The van der Waals surface area contributed by atoms with Crippen molar-refractivity contribution < 1.29 is 0 Å². The van der Waals surface area contributed by atoms with Crippen molar-refractivity contribution in [1.82, 2.24) is 10.2 Å². The first-order valence-corrected chi connectivity index (χ1v) is 8.27. The Balaban J connectivity index is 1.64. The summed E-state index contributed by atoms with van der Waals surface area (Å²) in [6.45, 7) is 7.12. The molecule has 1 aliphatic heterocycles. The molecule has 1 aromatic carbocycles. The number of hydrogen-bond acceptors (Lipinski definition) is 2. The summed E-state index contributed by atoms with van der Waals surface area (Å²) < 4.78 is 0. The van der Waals surface area contributed by atoms with Gasteiger partial charge < -0.3 is 5.32 Å². The highest BCUT2D eigenvalue weighted by Gasteiger charge is 2.36. The van der Waals surface area contributed by atoms with Crippen LogP contribution in [0.3, 0.4) is 0 Å². The van der Waals surface area contributed by atoms with Crippen LogP contribution in [0.4, 0.5) is 0 Å². The molecule has 0 amide bonds. The maximum Gasteiger partial charge on any atom is 0.0247 e. The Bertz CT molecular complexity index is 411. The Labute approximate surface area is 123 Å². The molecule has 1 aromatic rings. The van der Waals surface area contributed by atoms with E-state index in [2.05, 4.69) is 54.4 Å². The van der Waals surface area contributed by atoms with Gasteiger partial charge in [-0.15, -0.1) is 0 Å². The number of hydrogen-bond donors (Lipinski definition) is 1. The van der Waals surface area contributed by atoms with Crippen LogP contribution in [0.1, 0.15) is 38.7 Å². The Hall–Kier alpha value is -0.860. The van der Waals surface area contributed by atoms with Gasteiger partial charge in [0.25, 0.3) is 0 Å². The van der Waals surface area contributed by atoms with Crippen LogP contribution in [0.2, 0.25) is 0 Å². The molecule has 2 aliphatic rings. The normalized spacial score (nSPS) is 28.6. The molecule has 2 unspecified atom stereocenters. The fourth-order valence-electron chi connectivity index (χ4n) is 3.65. The largest absolute Gasteiger partial charge is 0.311 e. The molecule has 0 bridgehead atoms. The summed E-state index contributed by atoms with van der Waals surface area (Å²) in [6.07, 6.45) is 5.43. The van der Waals surface area contributed by atoms with E-state index in [0.717, 1.165) is 31.0 Å². The Morgan fingerprint density at radius 2 is 1.95 bits per heavy atom. The lowest BCUT2D eigenvalue weighted by Gasteiger charge is -2.49. The van der Waals surface area contributed by atoms with Crippen molar-refractivity contribution in [2.75, 3.05) is 13.1 Å². The number of rotatable bonds is 4. The number of nitrogens with zero attached hydrogens (tertiary/aromatic N) is 1. The van der Waals surface area contributed by atoms with E-state index in [-0.39, 0.29) is 0 Å². The zero-order valence-electron chi connectivity index (χ0n) is 12.9. The Kier molecular flexibility index (Phi) is 4.42. The highest BCUT2D eigenvalue weighted by Crippen LogP contribution is 2.30. The number of piperazine rings is 1. The van der Waals surface area contributed by atoms with E-state index in [0.29, 0.717) is 6.04 Å². The molecule has 2 fully saturated rings. The van der Waals surface area contributed by atoms with Crippen LogP contribution in [0, 0.1) is 5.92 Å². The average Bonchev–Trinajstić information content (AvgIpc) is 2.38. The van der Waals surface area contributed by atoms with Crippen molar-refractivity contribution in [3.05, 3.63) is 35.9 Å². The molecule has 0 spiro atoms. The first kappa shape index (κ1) is 14.1. The molecular weight excluding hydrogens is 244 g/mol. The van der Waals surface area contributed by atoms with Crippen molar-refractivity contribution >= 4 is 0 Å². The third-order valence-electron chi connectivity index (χ3n) is 5.11. The van der Waals surface area contributed by atoms with Gasteiger partial charge >= 0.3 is 0 Å². The molecule has 1 saturated carbocycles. The molecule has 2 atom stereocenters. The van der Waals surface area contributed by atoms with E-state index in [1.54, 1.807) is 0 Å². The smallest absolute Gasteiger partial charge is 0.0247 e. The minimum atomic E-state index is 0.619. The van der Waals surface area contributed by atoms with Gasteiger partial charge in [0, 0.05) is 31.2 Å². The fourth-order valence-corrected chi connectivity index (χ4v) is 3.65. The number of nitrogens with one attached hydrogen (secondary N) is 1. The summed E-state index contributed by atoms with van der Waals surface area (Å²) >= 11 is 0. The Morgan fingerprint density at radius 3 is 2.55 bits per heavy atom. The summed E-state index contributed by atoms with van der Waals surface area (Å²) in [5, 5.41) is 3.79. The molecule has 2 heteroatoms. The van der Waals surface area contributed by atoms with Crippen molar-refractivity contribution in [2.45, 2.75) is 57.7 Å². The van der Waals surface area contributed by atoms with Gasteiger partial charge in [-0.1, -0.05) is 50.6 Å². The van der Waals surface area contributed by atoms with Gasteiger partial charge in [0.15, 0.2) is 0 Å². The molecule has 3 rings (SSSR count). The molecule has 2 nitrogen and oxygen atoms in total. The molecule has 1 N–H and O–H groups in total. The average molecular weight is 272 g/mol. The molecule has 20 heavy (non-hydrogen) atoms. The van der Waals surface area contributed by atoms with Crippen LogP contribution in [-0.2, 0) is 6.42 Å². The zero-order chi connectivity index (χ0) is 13.9. The fraction of sp³-hybridized carbons (Fsp3) is 0.667. The predicted molar refractivity (Wildman–Crippen MR) is 84.9 cm³/mol. The van der Waals surface area contributed by atoms with Gasteiger partial charge in [0.1, 0.15) is 0 Å². The van der Waals surface area contributed by atoms with E-state index < -0.39 is 0 Å². The lowest BCUT2D eigenvalue weighted by Crippen LogP contribution is -2.62. The monoisotopic (exact) mass is 272 g/mol. The topological polar surface area (TPSA) is 15.3 Å². The first-order valence-electron chi connectivity index (χ1n) is 8.27. The SMILES string of the molecule is CC(C)C1CNC(Cc2ccccc2)CN1C1CCC1. The van der Waals surface area contributed by atoms with Crippen molar-refractivity contribution in [2.24, 2.45) is 5.92 Å². The van der Waals surface area contributed by atoms with Gasteiger partial charge in [0.05, 0.1) is 0 Å². The van der Waals surface area contributed by atoms with Gasteiger partial charge in [0.2, 0.25) is 0 Å². The van der Waals surface area contributed by atoms with Crippen LogP contribution >= 0.6 is 0 Å². The van der Waals surface area contributed by atoms with Crippen LogP contribution < -0.4 is 5.32 Å². The molecule has 1 heterocycles. The zero-order valence-corrected chi connectivity index (χ0v) is 12.9. The minimum Gasteiger partial charge on any atom is -0.311 e. The molecule has 1 aliphatic carbocycles. The van der Waals surface area contributed by atoms with E-state index >= 15 is 0 Å². The summed E-state index contributed by atoms with van der Waals surface area (Å²) in [5.41, 5.74) is 1.46. The molecule has 110 valence electrons. The third kappa shape index (κ3) is 3.07. The maximum atomic E-state index is 3.79. The van der Waals surface area contributed by atoms with E-state index in [1.165, 1.54) is 31.4 Å². The minimum absolute atomic E-state index is 0.619. The van der Waals surface area contributed by atoms with Crippen LogP contribution in [-0.4, -0.2) is 36.1 Å². The molecule has 0 radical (unpaired) electrons. The van der Waals surface area contributed by atoms with Crippen molar-refractivity contribution in [3.8, 4) is 0 Å². The standard InChI is InChI=1S/C18H28N2/c1-14(2)18-12-19-16(11-15-7-4-3-5-8-15)13-20(18)17-9-6-10-17/h3-5,7-8,14,16-19H,6,9-13H2,1-2H3. The Morgan fingerprint density at radius 1 is 1.20 bits per heavy atom. The van der Waals surface area contributed by atoms with E-state index in [4.69, 9.17) is 0 Å². The summed E-state index contributed by atoms with van der Waals surface area (Å²) in [5.74, 6) is 0.751. The molecular formula is C18H28N2. The molecule has 1 saturated heterocycles. The summed E-state index contributed by atoms with van der Waals surface area (Å²) in [6, 6.07) is 13.1. The first-order chi connectivity index (χ1) is 9.74. The lowest BCUT2D eigenvalue weighted by molar-refractivity contribution is 0.0220. The summed E-state index contributed by atoms with van der Waals surface area (Å²) in [7, 11) is 0. The van der Waals surface area contributed by atoms with Crippen molar-refractivity contribution in [3.63, 3.8) is 0 Å². The van der Waals surface area contributed by atoms with Crippen LogP contribution in [0.15, 0.2) is 30.3 Å². The second kappa shape index (κ2) is 6.28. The second-order valence-electron chi connectivity index (χ2n) is 6.89. The van der Waals surface area contributed by atoms with E-state index in [1.807, 2.05) is 0 Å². The van der Waals surface area contributed by atoms with Gasteiger partial charge in [-0.05, 0) is 30.7 Å². The molecule has 0 aromatic heterocycles. The lowest BCUT2D eigenvalue weighted by atomic mass is 9.86.